The summed E-state index contributed by atoms with van der Waals surface area (Å²) in [5.74, 6) is -0.396. The van der Waals surface area contributed by atoms with Gasteiger partial charge in [-0.15, -0.1) is 11.3 Å². The number of nitrogens with zero attached hydrogens (tertiary/aromatic N) is 1. The maximum atomic E-state index is 13.2. The standard InChI is InChI=1S/C24H29N3O3S2/c1-4-27(5-2)20-13-14-21(18(3)16-20)25-24(28)22(17-19-10-7-6-8-11-19)26-32(29,30)23-12-9-15-31-23/h6-16,22,26H,4-5,17H2,1-3H3,(H,25,28)/t22-/m1/s1. The fraction of sp³-hybridized carbons (Fsp3) is 0.292. The summed E-state index contributed by atoms with van der Waals surface area (Å²) in [7, 11) is -3.81. The lowest BCUT2D eigenvalue weighted by molar-refractivity contribution is -0.117. The van der Waals surface area contributed by atoms with Crippen LogP contribution in [0.3, 0.4) is 0 Å². The second kappa shape index (κ2) is 10.8. The minimum Gasteiger partial charge on any atom is -0.372 e. The maximum absolute atomic E-state index is 13.2. The molecule has 2 aromatic carbocycles. The highest BCUT2D eigenvalue weighted by atomic mass is 32.2. The van der Waals surface area contributed by atoms with Crippen molar-refractivity contribution < 1.29 is 13.2 Å². The van der Waals surface area contributed by atoms with Crippen molar-refractivity contribution in [1.82, 2.24) is 4.72 Å². The number of thiophene rings is 1. The Bertz CT molecular complexity index is 1130. The van der Waals surface area contributed by atoms with E-state index in [1.54, 1.807) is 11.4 Å². The van der Waals surface area contributed by atoms with E-state index in [0.29, 0.717) is 5.69 Å². The smallest absolute Gasteiger partial charge is 0.250 e. The van der Waals surface area contributed by atoms with E-state index in [0.717, 1.165) is 41.2 Å². The summed E-state index contributed by atoms with van der Waals surface area (Å²) in [5.41, 5.74) is 3.54. The minimum atomic E-state index is -3.81. The molecule has 8 heteroatoms. The SMILES string of the molecule is CCN(CC)c1ccc(NC(=O)[C@@H](Cc2ccccc2)NS(=O)(=O)c2cccs2)c(C)c1. The molecule has 2 N–H and O–H groups in total. The highest BCUT2D eigenvalue weighted by Crippen LogP contribution is 2.23. The summed E-state index contributed by atoms with van der Waals surface area (Å²) >= 11 is 1.12. The summed E-state index contributed by atoms with van der Waals surface area (Å²) < 4.78 is 28.4. The molecule has 0 saturated carbocycles. The number of hydrogen-bond donors (Lipinski definition) is 2. The van der Waals surface area contributed by atoms with Gasteiger partial charge in [-0.2, -0.15) is 4.72 Å². The van der Waals surface area contributed by atoms with E-state index < -0.39 is 22.0 Å². The summed E-state index contributed by atoms with van der Waals surface area (Å²) in [6, 6.07) is 17.5. The van der Waals surface area contributed by atoms with Gasteiger partial charge in [-0.3, -0.25) is 4.79 Å². The van der Waals surface area contributed by atoms with Gasteiger partial charge in [0.15, 0.2) is 0 Å². The molecule has 0 radical (unpaired) electrons. The second-order valence-electron chi connectivity index (χ2n) is 7.46. The van der Waals surface area contributed by atoms with Crippen LogP contribution in [-0.4, -0.2) is 33.5 Å². The monoisotopic (exact) mass is 471 g/mol. The Morgan fingerprint density at radius 3 is 2.34 bits per heavy atom. The molecule has 0 spiro atoms. The van der Waals surface area contributed by atoms with Gasteiger partial charge in [0.2, 0.25) is 5.91 Å². The first-order valence-electron chi connectivity index (χ1n) is 10.6. The number of carbonyl (C=O) groups excluding carboxylic acids is 1. The number of anilines is 2. The zero-order valence-corrected chi connectivity index (χ0v) is 20.2. The van der Waals surface area contributed by atoms with Crippen LogP contribution in [0.5, 0.6) is 0 Å². The van der Waals surface area contributed by atoms with Crippen LogP contribution in [0.2, 0.25) is 0 Å². The molecule has 1 aromatic heterocycles. The Hall–Kier alpha value is -2.68. The lowest BCUT2D eigenvalue weighted by Crippen LogP contribution is -2.45. The van der Waals surface area contributed by atoms with Gasteiger partial charge in [0.25, 0.3) is 10.0 Å². The first-order valence-corrected chi connectivity index (χ1v) is 13.0. The number of benzene rings is 2. The van der Waals surface area contributed by atoms with Crippen LogP contribution in [0.25, 0.3) is 0 Å². The van der Waals surface area contributed by atoms with Crippen LogP contribution in [0.15, 0.2) is 70.3 Å². The third-order valence-electron chi connectivity index (χ3n) is 5.25. The molecule has 170 valence electrons. The van der Waals surface area contributed by atoms with Crippen LogP contribution < -0.4 is 14.9 Å². The van der Waals surface area contributed by atoms with E-state index in [2.05, 4.69) is 28.8 Å². The molecular weight excluding hydrogens is 442 g/mol. The average Bonchev–Trinajstić information content (AvgIpc) is 3.33. The first-order chi connectivity index (χ1) is 15.3. The van der Waals surface area contributed by atoms with Gasteiger partial charge in [-0.1, -0.05) is 36.4 Å². The molecule has 32 heavy (non-hydrogen) atoms. The molecule has 1 heterocycles. The molecule has 3 aromatic rings. The lowest BCUT2D eigenvalue weighted by Gasteiger charge is -2.23. The Balaban J connectivity index is 1.83. The zero-order chi connectivity index (χ0) is 23.1. The number of amides is 1. The summed E-state index contributed by atoms with van der Waals surface area (Å²) in [5, 5.41) is 4.62. The number of aryl methyl sites for hydroxylation is 1. The zero-order valence-electron chi connectivity index (χ0n) is 18.5. The first kappa shape index (κ1) is 24.0. The second-order valence-corrected chi connectivity index (χ2v) is 10.3. The molecule has 0 aliphatic carbocycles. The number of sulfonamides is 1. The fourth-order valence-electron chi connectivity index (χ4n) is 3.49. The normalized spacial score (nSPS) is 12.3. The van der Waals surface area contributed by atoms with Crippen molar-refractivity contribution in [3.05, 3.63) is 77.2 Å². The van der Waals surface area contributed by atoms with Gasteiger partial charge in [0.1, 0.15) is 10.3 Å². The van der Waals surface area contributed by atoms with Crippen LogP contribution in [0, 0.1) is 6.92 Å². The molecule has 0 aliphatic rings. The molecule has 3 rings (SSSR count). The average molecular weight is 472 g/mol. The van der Waals surface area contributed by atoms with Crippen molar-refractivity contribution >= 4 is 38.6 Å². The highest BCUT2D eigenvalue weighted by molar-refractivity contribution is 7.91. The molecular formula is C24H29N3O3S2. The molecule has 0 bridgehead atoms. The largest absolute Gasteiger partial charge is 0.372 e. The van der Waals surface area contributed by atoms with Crippen LogP contribution in [0.4, 0.5) is 11.4 Å². The lowest BCUT2D eigenvalue weighted by atomic mass is 10.1. The van der Waals surface area contributed by atoms with E-state index in [9.17, 15) is 13.2 Å². The Labute approximate surface area is 194 Å². The number of nitrogens with one attached hydrogen (secondary N) is 2. The molecule has 0 saturated heterocycles. The molecule has 1 amide bonds. The summed E-state index contributed by atoms with van der Waals surface area (Å²) in [6.45, 7) is 7.92. The van der Waals surface area contributed by atoms with Crippen molar-refractivity contribution in [3.63, 3.8) is 0 Å². The maximum Gasteiger partial charge on any atom is 0.250 e. The Morgan fingerprint density at radius 2 is 1.75 bits per heavy atom. The third-order valence-corrected chi connectivity index (χ3v) is 8.12. The van der Waals surface area contributed by atoms with E-state index in [1.165, 1.54) is 6.07 Å². The van der Waals surface area contributed by atoms with E-state index in [1.807, 2.05) is 55.5 Å². The predicted octanol–water partition coefficient (Wildman–Crippen LogP) is 4.43. The highest BCUT2D eigenvalue weighted by Gasteiger charge is 2.27. The van der Waals surface area contributed by atoms with Crippen molar-refractivity contribution in [2.45, 2.75) is 37.4 Å². The van der Waals surface area contributed by atoms with Crippen molar-refractivity contribution in [3.8, 4) is 0 Å². The van der Waals surface area contributed by atoms with Gasteiger partial charge >= 0.3 is 0 Å². The van der Waals surface area contributed by atoms with E-state index in [-0.39, 0.29) is 10.6 Å². The van der Waals surface area contributed by atoms with Gasteiger partial charge in [-0.05, 0) is 68.0 Å². The number of hydrogen-bond acceptors (Lipinski definition) is 5. The van der Waals surface area contributed by atoms with E-state index >= 15 is 0 Å². The van der Waals surface area contributed by atoms with Gasteiger partial charge in [0, 0.05) is 24.5 Å². The molecule has 0 unspecified atom stereocenters. The topological polar surface area (TPSA) is 78.5 Å². The summed E-state index contributed by atoms with van der Waals surface area (Å²) in [6.07, 6.45) is 0.244. The van der Waals surface area contributed by atoms with Crippen molar-refractivity contribution in [2.75, 3.05) is 23.3 Å². The summed E-state index contributed by atoms with van der Waals surface area (Å²) in [4.78, 5) is 15.4. The van der Waals surface area contributed by atoms with Gasteiger partial charge in [0.05, 0.1) is 0 Å². The molecule has 6 nitrogen and oxygen atoms in total. The number of rotatable bonds is 10. The fourth-order valence-corrected chi connectivity index (χ4v) is 5.70. The van der Waals surface area contributed by atoms with Gasteiger partial charge in [-0.25, -0.2) is 8.42 Å². The molecule has 1 atom stereocenters. The van der Waals surface area contributed by atoms with E-state index in [4.69, 9.17) is 0 Å². The van der Waals surface area contributed by atoms with Crippen molar-refractivity contribution in [2.24, 2.45) is 0 Å². The van der Waals surface area contributed by atoms with Crippen LogP contribution in [-0.2, 0) is 21.2 Å². The quantitative estimate of drug-likeness (QED) is 0.458. The molecule has 0 fully saturated rings. The Kier molecular flexibility index (Phi) is 8.06. The Morgan fingerprint density at radius 1 is 1.03 bits per heavy atom. The van der Waals surface area contributed by atoms with Crippen LogP contribution in [0.1, 0.15) is 25.0 Å². The molecule has 0 aliphatic heterocycles. The van der Waals surface area contributed by atoms with Crippen LogP contribution >= 0.6 is 11.3 Å². The van der Waals surface area contributed by atoms with Gasteiger partial charge < -0.3 is 10.2 Å². The van der Waals surface area contributed by atoms with Crippen molar-refractivity contribution in [1.29, 1.82) is 0 Å². The third kappa shape index (κ3) is 5.97. The predicted molar refractivity (Wildman–Crippen MR) is 132 cm³/mol. The minimum absolute atomic E-state index is 0.183. The number of carbonyl (C=O) groups is 1.